The van der Waals surface area contributed by atoms with Gasteiger partial charge in [-0.05, 0) is 36.4 Å². The van der Waals surface area contributed by atoms with E-state index in [4.69, 9.17) is 4.74 Å². The number of hydrogen-bond donors (Lipinski definition) is 0. The van der Waals surface area contributed by atoms with E-state index < -0.39 is 0 Å². The fraction of sp³-hybridized carbons (Fsp3) is 0.294. The van der Waals surface area contributed by atoms with Crippen molar-refractivity contribution in [1.82, 2.24) is 9.55 Å². The Kier molecular flexibility index (Phi) is 3.52. The molecular weight excluding hydrogens is 296 g/mol. The highest BCUT2D eigenvalue weighted by atomic mass is 32.1. The summed E-state index contributed by atoms with van der Waals surface area (Å²) < 4.78 is 7.54. The van der Waals surface area contributed by atoms with E-state index in [0.717, 1.165) is 35.4 Å². The molecule has 4 nitrogen and oxygen atoms in total. The van der Waals surface area contributed by atoms with Crippen molar-refractivity contribution < 1.29 is 4.74 Å². The van der Waals surface area contributed by atoms with Crippen molar-refractivity contribution in [1.29, 1.82) is 0 Å². The lowest BCUT2D eigenvalue weighted by Crippen LogP contribution is -2.28. The van der Waals surface area contributed by atoms with E-state index in [1.165, 1.54) is 0 Å². The first-order valence-electron chi connectivity index (χ1n) is 7.48. The number of benzene rings is 1. The first-order chi connectivity index (χ1) is 10.8. The normalized spacial score (nSPS) is 18.1. The number of aromatic nitrogens is 2. The molecule has 1 saturated heterocycles. The smallest absolute Gasteiger partial charge is 0.278 e. The summed E-state index contributed by atoms with van der Waals surface area (Å²) in [5.41, 5.74) is 2.23. The number of rotatable bonds is 3. The van der Waals surface area contributed by atoms with E-state index in [9.17, 15) is 4.79 Å². The standard InChI is InChI=1S/C17H16N2O2S/c20-17-16(15-8-4-10-22-15)18-13-6-1-2-7-14(13)19(17)11-12-5-3-9-21-12/h1-2,4,6-8,10,12H,3,5,9,11H2. The van der Waals surface area contributed by atoms with Crippen molar-refractivity contribution >= 4 is 22.4 Å². The van der Waals surface area contributed by atoms with E-state index in [0.29, 0.717) is 12.2 Å². The second-order valence-corrected chi connectivity index (χ2v) is 6.42. The van der Waals surface area contributed by atoms with Crippen LogP contribution in [0.3, 0.4) is 0 Å². The van der Waals surface area contributed by atoms with Gasteiger partial charge in [0.25, 0.3) is 5.56 Å². The molecule has 0 bridgehead atoms. The summed E-state index contributed by atoms with van der Waals surface area (Å²) in [6.45, 7) is 1.39. The molecule has 0 amide bonds. The number of hydrogen-bond acceptors (Lipinski definition) is 4. The molecule has 3 aromatic rings. The molecule has 4 rings (SSSR count). The summed E-state index contributed by atoms with van der Waals surface area (Å²) in [6.07, 6.45) is 2.21. The molecule has 3 heterocycles. The number of nitrogens with zero attached hydrogens (tertiary/aromatic N) is 2. The van der Waals surface area contributed by atoms with E-state index in [-0.39, 0.29) is 11.7 Å². The molecule has 0 radical (unpaired) electrons. The third-order valence-electron chi connectivity index (χ3n) is 4.02. The Labute approximate surface area is 132 Å². The molecule has 1 aromatic carbocycles. The molecule has 112 valence electrons. The van der Waals surface area contributed by atoms with Crippen LogP contribution in [0.4, 0.5) is 0 Å². The summed E-state index contributed by atoms with van der Waals surface area (Å²) in [5, 5.41) is 1.97. The Bertz CT molecular complexity index is 849. The number of para-hydroxylation sites is 2. The lowest BCUT2D eigenvalue weighted by molar-refractivity contribution is 0.0972. The minimum absolute atomic E-state index is 0.0309. The van der Waals surface area contributed by atoms with Crippen LogP contribution in [0.1, 0.15) is 12.8 Å². The molecule has 0 N–H and O–H groups in total. The van der Waals surface area contributed by atoms with Crippen LogP contribution < -0.4 is 5.56 Å². The zero-order chi connectivity index (χ0) is 14.9. The van der Waals surface area contributed by atoms with E-state index >= 15 is 0 Å². The summed E-state index contributed by atoms with van der Waals surface area (Å²) >= 11 is 1.54. The number of fused-ring (bicyclic) bond motifs is 1. The van der Waals surface area contributed by atoms with Gasteiger partial charge in [-0.2, -0.15) is 0 Å². The van der Waals surface area contributed by atoms with Gasteiger partial charge in [0.1, 0.15) is 5.69 Å². The Balaban J connectivity index is 1.91. The van der Waals surface area contributed by atoms with E-state index in [1.807, 2.05) is 46.3 Å². The van der Waals surface area contributed by atoms with Gasteiger partial charge in [-0.15, -0.1) is 11.3 Å². The lowest BCUT2D eigenvalue weighted by atomic mass is 10.2. The van der Waals surface area contributed by atoms with Crippen molar-refractivity contribution in [2.45, 2.75) is 25.5 Å². The van der Waals surface area contributed by atoms with Crippen LogP contribution in [0.25, 0.3) is 21.6 Å². The maximum atomic E-state index is 12.9. The average molecular weight is 312 g/mol. The first-order valence-corrected chi connectivity index (χ1v) is 8.36. The van der Waals surface area contributed by atoms with Gasteiger partial charge < -0.3 is 9.30 Å². The van der Waals surface area contributed by atoms with Gasteiger partial charge in [0.2, 0.25) is 0 Å². The van der Waals surface area contributed by atoms with Crippen molar-refractivity contribution in [3.63, 3.8) is 0 Å². The summed E-state index contributed by atoms with van der Waals surface area (Å²) in [4.78, 5) is 18.4. The molecule has 5 heteroatoms. The van der Waals surface area contributed by atoms with Crippen LogP contribution in [-0.4, -0.2) is 22.3 Å². The Hall–Kier alpha value is -1.98. The predicted molar refractivity (Wildman–Crippen MR) is 88.3 cm³/mol. The third-order valence-corrected chi connectivity index (χ3v) is 4.89. The maximum Gasteiger partial charge on any atom is 0.278 e. The maximum absolute atomic E-state index is 12.9. The fourth-order valence-corrected chi connectivity index (χ4v) is 3.64. The van der Waals surface area contributed by atoms with Gasteiger partial charge in [0.15, 0.2) is 0 Å². The molecule has 2 aromatic heterocycles. The van der Waals surface area contributed by atoms with Gasteiger partial charge >= 0.3 is 0 Å². The minimum Gasteiger partial charge on any atom is -0.376 e. The Morgan fingerprint density at radius 3 is 2.95 bits per heavy atom. The molecular formula is C17H16N2O2S. The second kappa shape index (κ2) is 5.66. The minimum atomic E-state index is -0.0309. The molecule has 1 atom stereocenters. The first kappa shape index (κ1) is 13.7. The van der Waals surface area contributed by atoms with Crippen molar-refractivity contribution in [3.8, 4) is 10.6 Å². The van der Waals surface area contributed by atoms with Gasteiger partial charge in [0, 0.05) is 6.61 Å². The highest BCUT2D eigenvalue weighted by Crippen LogP contribution is 2.23. The average Bonchev–Trinajstić information content (AvgIpc) is 3.23. The number of ether oxygens (including phenoxy) is 1. The van der Waals surface area contributed by atoms with Gasteiger partial charge in [0.05, 0.1) is 28.6 Å². The summed E-state index contributed by atoms with van der Waals surface area (Å²) in [6, 6.07) is 11.7. The van der Waals surface area contributed by atoms with Crippen LogP contribution in [0.5, 0.6) is 0 Å². The largest absolute Gasteiger partial charge is 0.376 e. The monoisotopic (exact) mass is 312 g/mol. The summed E-state index contributed by atoms with van der Waals surface area (Å²) in [7, 11) is 0. The Morgan fingerprint density at radius 2 is 2.18 bits per heavy atom. The molecule has 0 spiro atoms. The van der Waals surface area contributed by atoms with Gasteiger partial charge in [-0.25, -0.2) is 4.98 Å². The highest BCUT2D eigenvalue weighted by Gasteiger charge is 2.20. The predicted octanol–water partition coefficient (Wildman–Crippen LogP) is 3.30. The van der Waals surface area contributed by atoms with Crippen molar-refractivity contribution in [2.75, 3.05) is 6.61 Å². The van der Waals surface area contributed by atoms with Crippen LogP contribution >= 0.6 is 11.3 Å². The third kappa shape index (κ3) is 2.36. The Morgan fingerprint density at radius 1 is 1.27 bits per heavy atom. The zero-order valence-corrected chi connectivity index (χ0v) is 12.9. The number of thiophene rings is 1. The molecule has 1 aliphatic rings. The van der Waals surface area contributed by atoms with Crippen LogP contribution in [0.15, 0.2) is 46.6 Å². The highest BCUT2D eigenvalue weighted by molar-refractivity contribution is 7.13. The quantitative estimate of drug-likeness (QED) is 0.745. The molecule has 0 aliphatic carbocycles. The second-order valence-electron chi connectivity index (χ2n) is 5.48. The van der Waals surface area contributed by atoms with E-state index in [2.05, 4.69) is 4.98 Å². The molecule has 1 fully saturated rings. The van der Waals surface area contributed by atoms with E-state index in [1.54, 1.807) is 11.3 Å². The zero-order valence-electron chi connectivity index (χ0n) is 12.1. The summed E-state index contributed by atoms with van der Waals surface area (Å²) in [5.74, 6) is 0. The van der Waals surface area contributed by atoms with Crippen LogP contribution in [-0.2, 0) is 11.3 Å². The fourth-order valence-electron chi connectivity index (χ4n) is 2.94. The van der Waals surface area contributed by atoms with Crippen LogP contribution in [0.2, 0.25) is 0 Å². The van der Waals surface area contributed by atoms with Crippen molar-refractivity contribution in [3.05, 3.63) is 52.1 Å². The van der Waals surface area contributed by atoms with Crippen molar-refractivity contribution in [2.24, 2.45) is 0 Å². The van der Waals surface area contributed by atoms with Gasteiger partial charge in [-0.3, -0.25) is 4.79 Å². The molecule has 1 unspecified atom stereocenters. The molecule has 22 heavy (non-hydrogen) atoms. The van der Waals surface area contributed by atoms with Gasteiger partial charge in [-0.1, -0.05) is 18.2 Å². The SMILES string of the molecule is O=c1c(-c2cccs2)nc2ccccc2n1CC1CCCO1. The van der Waals surface area contributed by atoms with Crippen LogP contribution in [0, 0.1) is 0 Å². The lowest BCUT2D eigenvalue weighted by Gasteiger charge is -2.15. The molecule has 0 saturated carbocycles. The topological polar surface area (TPSA) is 44.1 Å². The molecule has 1 aliphatic heterocycles.